The highest BCUT2D eigenvalue weighted by atomic mass is 35.5. The Labute approximate surface area is 92.4 Å². The van der Waals surface area contributed by atoms with E-state index in [0.29, 0.717) is 15.6 Å². The first-order valence-corrected chi connectivity index (χ1v) is 4.17. The Morgan fingerprint density at radius 3 is 2.54 bits per heavy atom. The third kappa shape index (κ3) is 3.31. The molecule has 0 radical (unpaired) electrons. The van der Waals surface area contributed by atoms with E-state index in [2.05, 4.69) is 0 Å². The van der Waals surface area contributed by atoms with E-state index in [1.807, 2.05) is 0 Å². The quantitative estimate of drug-likeness (QED) is 0.848. The fourth-order valence-electron chi connectivity index (χ4n) is 0.882. The normalized spacial score (nSPS) is 12.0. The molecule has 2 N–H and O–H groups in total. The third-order valence-corrected chi connectivity index (χ3v) is 2.10. The molecule has 0 aliphatic heterocycles. The van der Waals surface area contributed by atoms with Gasteiger partial charge in [0.2, 0.25) is 0 Å². The van der Waals surface area contributed by atoms with E-state index >= 15 is 0 Å². The summed E-state index contributed by atoms with van der Waals surface area (Å²) in [4.78, 5) is 0. The molecular formula is C8H9Cl3FN. The average Bonchev–Trinajstić information content (AvgIpc) is 2.08. The third-order valence-electron chi connectivity index (χ3n) is 1.52. The monoisotopic (exact) mass is 243 g/mol. The van der Waals surface area contributed by atoms with Crippen LogP contribution in [-0.4, -0.2) is 6.67 Å². The number of hydrogen-bond donors (Lipinski definition) is 1. The summed E-state index contributed by atoms with van der Waals surface area (Å²) in [5.74, 6) is 0. The lowest BCUT2D eigenvalue weighted by atomic mass is 10.1. The summed E-state index contributed by atoms with van der Waals surface area (Å²) in [6.07, 6.45) is 0. The Balaban J connectivity index is 0.00000144. The Morgan fingerprint density at radius 2 is 2.00 bits per heavy atom. The summed E-state index contributed by atoms with van der Waals surface area (Å²) in [5, 5.41) is 0.961. The standard InChI is InChI=1S/C8H8Cl2FN.ClH/c9-5-1-2-7(10)6(3-5)8(12)4-11;/h1-3,8H,4,12H2;1H/t8-;/m1./s1. The largest absolute Gasteiger partial charge is 0.322 e. The van der Waals surface area contributed by atoms with Crippen LogP contribution in [0.5, 0.6) is 0 Å². The van der Waals surface area contributed by atoms with Gasteiger partial charge in [0.15, 0.2) is 0 Å². The second-order valence-electron chi connectivity index (χ2n) is 2.43. The van der Waals surface area contributed by atoms with Crippen molar-refractivity contribution >= 4 is 35.6 Å². The van der Waals surface area contributed by atoms with Crippen molar-refractivity contribution in [2.24, 2.45) is 5.73 Å². The molecule has 1 nitrogen and oxygen atoms in total. The molecule has 1 aromatic carbocycles. The lowest BCUT2D eigenvalue weighted by Gasteiger charge is -2.09. The zero-order valence-corrected chi connectivity index (χ0v) is 8.96. The van der Waals surface area contributed by atoms with E-state index in [1.165, 1.54) is 0 Å². The summed E-state index contributed by atoms with van der Waals surface area (Å²) in [5.41, 5.74) is 5.99. The molecule has 1 atom stereocenters. The minimum Gasteiger partial charge on any atom is -0.322 e. The Bertz CT molecular complexity index is 280. The van der Waals surface area contributed by atoms with Crippen LogP contribution in [0.15, 0.2) is 18.2 Å². The SMILES string of the molecule is Cl.N[C@H](CF)c1cc(Cl)ccc1Cl. The minimum absolute atomic E-state index is 0. The molecule has 13 heavy (non-hydrogen) atoms. The first kappa shape index (κ1) is 13.0. The average molecular weight is 245 g/mol. The second-order valence-corrected chi connectivity index (χ2v) is 3.27. The van der Waals surface area contributed by atoms with Gasteiger partial charge >= 0.3 is 0 Å². The van der Waals surface area contributed by atoms with Crippen molar-refractivity contribution in [3.8, 4) is 0 Å². The summed E-state index contributed by atoms with van der Waals surface area (Å²) < 4.78 is 12.2. The van der Waals surface area contributed by atoms with Crippen molar-refractivity contribution in [2.45, 2.75) is 6.04 Å². The lowest BCUT2D eigenvalue weighted by Crippen LogP contribution is -2.12. The van der Waals surface area contributed by atoms with Crippen molar-refractivity contribution in [1.29, 1.82) is 0 Å². The minimum atomic E-state index is -0.684. The Kier molecular flexibility index (Phi) is 5.65. The van der Waals surface area contributed by atoms with E-state index in [-0.39, 0.29) is 12.4 Å². The molecule has 0 saturated carbocycles. The maximum Gasteiger partial charge on any atom is 0.109 e. The molecule has 0 spiro atoms. The Hall–Kier alpha value is -0.0200. The molecule has 0 bridgehead atoms. The molecule has 0 fully saturated rings. The van der Waals surface area contributed by atoms with Crippen molar-refractivity contribution in [2.75, 3.05) is 6.67 Å². The van der Waals surface area contributed by atoms with Gasteiger partial charge in [0, 0.05) is 10.0 Å². The summed E-state index contributed by atoms with van der Waals surface area (Å²) in [6, 6.07) is 4.14. The van der Waals surface area contributed by atoms with Crippen LogP contribution in [0, 0.1) is 0 Å². The smallest absolute Gasteiger partial charge is 0.109 e. The van der Waals surface area contributed by atoms with E-state index in [1.54, 1.807) is 18.2 Å². The van der Waals surface area contributed by atoms with Gasteiger partial charge in [0.25, 0.3) is 0 Å². The van der Waals surface area contributed by atoms with Crippen LogP contribution in [0.2, 0.25) is 10.0 Å². The van der Waals surface area contributed by atoms with Crippen LogP contribution < -0.4 is 5.73 Å². The summed E-state index contributed by atoms with van der Waals surface area (Å²) in [6.45, 7) is -0.639. The number of hydrogen-bond acceptors (Lipinski definition) is 1. The molecule has 0 unspecified atom stereocenters. The van der Waals surface area contributed by atoms with Gasteiger partial charge in [-0.05, 0) is 23.8 Å². The highest BCUT2D eigenvalue weighted by Crippen LogP contribution is 2.25. The highest BCUT2D eigenvalue weighted by Gasteiger charge is 2.09. The summed E-state index contributed by atoms with van der Waals surface area (Å²) in [7, 11) is 0. The lowest BCUT2D eigenvalue weighted by molar-refractivity contribution is 0.437. The molecular weight excluding hydrogens is 235 g/mol. The van der Waals surface area contributed by atoms with E-state index in [4.69, 9.17) is 28.9 Å². The molecule has 1 rings (SSSR count). The van der Waals surface area contributed by atoms with Gasteiger partial charge in [-0.15, -0.1) is 12.4 Å². The fourth-order valence-corrected chi connectivity index (χ4v) is 1.32. The maximum atomic E-state index is 12.2. The molecule has 0 amide bonds. The van der Waals surface area contributed by atoms with Gasteiger partial charge in [-0.3, -0.25) is 0 Å². The molecule has 5 heteroatoms. The first-order valence-electron chi connectivity index (χ1n) is 3.41. The molecule has 1 aromatic rings. The number of alkyl halides is 1. The zero-order valence-electron chi connectivity index (χ0n) is 6.64. The van der Waals surface area contributed by atoms with Crippen molar-refractivity contribution in [3.05, 3.63) is 33.8 Å². The summed E-state index contributed by atoms with van der Waals surface area (Å²) >= 11 is 11.4. The predicted octanol–water partition coefficient (Wildman–Crippen LogP) is 3.38. The number of benzene rings is 1. The number of halogens is 4. The van der Waals surface area contributed by atoms with Gasteiger partial charge in [-0.25, -0.2) is 4.39 Å². The number of nitrogens with two attached hydrogens (primary N) is 1. The second kappa shape index (κ2) is 5.66. The van der Waals surface area contributed by atoms with Crippen LogP contribution >= 0.6 is 35.6 Å². The van der Waals surface area contributed by atoms with Gasteiger partial charge < -0.3 is 5.73 Å². The Morgan fingerprint density at radius 1 is 1.38 bits per heavy atom. The first-order chi connectivity index (χ1) is 5.65. The van der Waals surface area contributed by atoms with E-state index in [0.717, 1.165) is 0 Å². The molecule has 0 aromatic heterocycles. The van der Waals surface area contributed by atoms with Crippen molar-refractivity contribution in [3.63, 3.8) is 0 Å². The van der Waals surface area contributed by atoms with Crippen molar-refractivity contribution < 1.29 is 4.39 Å². The van der Waals surface area contributed by atoms with E-state index in [9.17, 15) is 4.39 Å². The van der Waals surface area contributed by atoms with Crippen LogP contribution in [-0.2, 0) is 0 Å². The maximum absolute atomic E-state index is 12.2. The van der Waals surface area contributed by atoms with Crippen LogP contribution in [0.3, 0.4) is 0 Å². The van der Waals surface area contributed by atoms with E-state index < -0.39 is 12.7 Å². The van der Waals surface area contributed by atoms with Gasteiger partial charge in [-0.2, -0.15) is 0 Å². The fraction of sp³-hybridized carbons (Fsp3) is 0.250. The van der Waals surface area contributed by atoms with Crippen molar-refractivity contribution in [1.82, 2.24) is 0 Å². The number of rotatable bonds is 2. The molecule has 0 heterocycles. The topological polar surface area (TPSA) is 26.0 Å². The van der Waals surface area contributed by atoms with Gasteiger partial charge in [-0.1, -0.05) is 23.2 Å². The zero-order chi connectivity index (χ0) is 9.14. The van der Waals surface area contributed by atoms with Gasteiger partial charge in [0.1, 0.15) is 6.67 Å². The predicted molar refractivity (Wildman–Crippen MR) is 56.6 cm³/mol. The van der Waals surface area contributed by atoms with Crippen LogP contribution in [0.4, 0.5) is 4.39 Å². The highest BCUT2D eigenvalue weighted by molar-refractivity contribution is 6.33. The van der Waals surface area contributed by atoms with Crippen LogP contribution in [0.25, 0.3) is 0 Å². The molecule has 0 aliphatic rings. The molecule has 74 valence electrons. The molecule has 0 aliphatic carbocycles. The molecule has 0 saturated heterocycles. The van der Waals surface area contributed by atoms with Gasteiger partial charge in [0.05, 0.1) is 6.04 Å². The van der Waals surface area contributed by atoms with Crippen LogP contribution in [0.1, 0.15) is 11.6 Å².